The van der Waals surface area contributed by atoms with Crippen molar-refractivity contribution in [2.75, 3.05) is 5.32 Å². The van der Waals surface area contributed by atoms with Crippen LogP contribution in [0.2, 0.25) is 0 Å². The Balaban J connectivity index is 2.27. The number of rotatable bonds is 4. The summed E-state index contributed by atoms with van der Waals surface area (Å²) in [6.45, 7) is 3.97. The zero-order valence-corrected chi connectivity index (χ0v) is 12.5. The maximum Gasteiger partial charge on any atom is 0.128 e. The highest BCUT2D eigenvalue weighted by Gasteiger charge is 2.14. The number of nitrogens with one attached hydrogen (secondary N) is 1. The monoisotopic (exact) mass is 322 g/mol. The minimum Gasteiger partial charge on any atom is -0.377 e. The van der Waals surface area contributed by atoms with E-state index in [0.717, 1.165) is 22.4 Å². The van der Waals surface area contributed by atoms with Crippen LogP contribution in [0.5, 0.6) is 0 Å². The van der Waals surface area contributed by atoms with Gasteiger partial charge in [0.25, 0.3) is 0 Å². The molecule has 0 aliphatic heterocycles. The number of aryl methyl sites for hydroxylation is 1. The van der Waals surface area contributed by atoms with Crippen molar-refractivity contribution in [1.29, 1.82) is 0 Å². The van der Waals surface area contributed by atoms with Crippen LogP contribution in [0.1, 0.15) is 30.6 Å². The van der Waals surface area contributed by atoms with Gasteiger partial charge < -0.3 is 5.32 Å². The molecule has 100 valence electrons. The van der Waals surface area contributed by atoms with Gasteiger partial charge in [-0.2, -0.15) is 0 Å². The number of pyridine rings is 1. The lowest BCUT2D eigenvalue weighted by Crippen LogP contribution is -2.12. The Kier molecular flexibility index (Phi) is 4.53. The third-order valence-electron chi connectivity index (χ3n) is 3.07. The van der Waals surface area contributed by atoms with Gasteiger partial charge in [0.15, 0.2) is 0 Å². The number of hydrogen-bond donors (Lipinski definition) is 1. The van der Waals surface area contributed by atoms with Crippen LogP contribution in [0.4, 0.5) is 10.1 Å². The number of benzene rings is 1. The quantitative estimate of drug-likeness (QED) is 0.813. The predicted molar refractivity (Wildman–Crippen MR) is 79.7 cm³/mol. The summed E-state index contributed by atoms with van der Waals surface area (Å²) >= 11 is 3.34. The van der Waals surface area contributed by atoms with E-state index in [1.807, 2.05) is 38.1 Å². The van der Waals surface area contributed by atoms with E-state index in [1.54, 1.807) is 6.07 Å². The molecule has 1 aromatic carbocycles. The molecular weight excluding hydrogens is 307 g/mol. The van der Waals surface area contributed by atoms with E-state index < -0.39 is 0 Å². The fourth-order valence-corrected chi connectivity index (χ4v) is 2.43. The van der Waals surface area contributed by atoms with Crippen molar-refractivity contribution in [2.24, 2.45) is 0 Å². The van der Waals surface area contributed by atoms with E-state index in [1.165, 1.54) is 6.07 Å². The second-order valence-corrected chi connectivity index (χ2v) is 5.21. The third kappa shape index (κ3) is 3.32. The van der Waals surface area contributed by atoms with Crippen molar-refractivity contribution in [1.82, 2.24) is 4.98 Å². The molecule has 1 unspecified atom stereocenters. The molecule has 0 saturated carbocycles. The first-order valence-electron chi connectivity index (χ1n) is 6.26. The summed E-state index contributed by atoms with van der Waals surface area (Å²) in [6, 6.07) is 10.7. The molecule has 1 atom stereocenters. The standard InChI is InChI=1S/C15H16BrFN2/c1-3-13(11-6-4-5-7-12(11)17)19-14-8-9-15(16)18-10(14)2/h4-9,13,19H,3H2,1-2H3. The molecule has 1 aromatic heterocycles. The molecule has 2 rings (SSSR count). The first-order valence-corrected chi connectivity index (χ1v) is 7.05. The van der Waals surface area contributed by atoms with Crippen LogP contribution in [0.25, 0.3) is 0 Å². The zero-order chi connectivity index (χ0) is 13.8. The van der Waals surface area contributed by atoms with Crippen LogP contribution in [-0.4, -0.2) is 4.98 Å². The van der Waals surface area contributed by atoms with Crippen LogP contribution in [-0.2, 0) is 0 Å². The molecule has 0 radical (unpaired) electrons. The number of anilines is 1. The van der Waals surface area contributed by atoms with Crippen LogP contribution in [0.15, 0.2) is 41.0 Å². The molecular formula is C15H16BrFN2. The summed E-state index contributed by atoms with van der Waals surface area (Å²) in [6.07, 6.45) is 0.802. The van der Waals surface area contributed by atoms with Gasteiger partial charge in [-0.25, -0.2) is 9.37 Å². The molecule has 0 fully saturated rings. The fraction of sp³-hybridized carbons (Fsp3) is 0.267. The molecule has 2 aromatic rings. The van der Waals surface area contributed by atoms with Gasteiger partial charge in [-0.1, -0.05) is 25.1 Å². The van der Waals surface area contributed by atoms with Crippen molar-refractivity contribution in [3.63, 3.8) is 0 Å². The van der Waals surface area contributed by atoms with Crippen molar-refractivity contribution in [3.05, 3.63) is 58.1 Å². The van der Waals surface area contributed by atoms with Crippen LogP contribution in [0.3, 0.4) is 0 Å². The molecule has 2 nitrogen and oxygen atoms in total. The van der Waals surface area contributed by atoms with Crippen molar-refractivity contribution < 1.29 is 4.39 Å². The van der Waals surface area contributed by atoms with E-state index in [9.17, 15) is 4.39 Å². The fourth-order valence-electron chi connectivity index (χ4n) is 2.03. The second-order valence-electron chi connectivity index (χ2n) is 4.39. The minimum atomic E-state index is -0.176. The lowest BCUT2D eigenvalue weighted by Gasteiger charge is -2.20. The summed E-state index contributed by atoms with van der Waals surface area (Å²) in [7, 11) is 0. The Hall–Kier alpha value is -1.42. The smallest absolute Gasteiger partial charge is 0.128 e. The highest BCUT2D eigenvalue weighted by atomic mass is 79.9. The molecule has 1 N–H and O–H groups in total. The SMILES string of the molecule is CCC(Nc1ccc(Br)nc1C)c1ccccc1F. The van der Waals surface area contributed by atoms with Crippen molar-refractivity contribution >= 4 is 21.6 Å². The minimum absolute atomic E-state index is 0.0529. The van der Waals surface area contributed by atoms with Gasteiger partial charge in [-0.15, -0.1) is 0 Å². The predicted octanol–water partition coefficient (Wildman–Crippen LogP) is 4.85. The summed E-state index contributed by atoms with van der Waals surface area (Å²) in [5.41, 5.74) is 2.51. The Labute approximate surface area is 121 Å². The van der Waals surface area contributed by atoms with Gasteiger partial charge in [-0.3, -0.25) is 0 Å². The van der Waals surface area contributed by atoms with Gasteiger partial charge in [0, 0.05) is 5.56 Å². The first kappa shape index (κ1) is 14.0. The molecule has 0 aliphatic rings. The van der Waals surface area contributed by atoms with Crippen molar-refractivity contribution in [3.8, 4) is 0 Å². The molecule has 0 amide bonds. The Morgan fingerprint density at radius 2 is 2.00 bits per heavy atom. The summed E-state index contributed by atoms with van der Waals surface area (Å²) < 4.78 is 14.6. The zero-order valence-electron chi connectivity index (χ0n) is 11.0. The van der Waals surface area contributed by atoms with Gasteiger partial charge in [0.2, 0.25) is 0 Å². The number of nitrogens with zero attached hydrogens (tertiary/aromatic N) is 1. The summed E-state index contributed by atoms with van der Waals surface area (Å²) in [5, 5.41) is 3.36. The molecule has 0 bridgehead atoms. The Morgan fingerprint density at radius 1 is 1.26 bits per heavy atom. The Morgan fingerprint density at radius 3 is 2.63 bits per heavy atom. The van der Waals surface area contributed by atoms with E-state index in [2.05, 4.69) is 26.2 Å². The van der Waals surface area contributed by atoms with Crippen LogP contribution >= 0.6 is 15.9 Å². The molecule has 0 saturated heterocycles. The maximum atomic E-state index is 13.8. The largest absolute Gasteiger partial charge is 0.377 e. The molecule has 4 heteroatoms. The number of hydrogen-bond acceptors (Lipinski definition) is 2. The molecule has 0 spiro atoms. The summed E-state index contributed by atoms with van der Waals surface area (Å²) in [5.74, 6) is -0.176. The molecule has 1 heterocycles. The summed E-state index contributed by atoms with van der Waals surface area (Å²) in [4.78, 5) is 4.34. The highest BCUT2D eigenvalue weighted by Crippen LogP contribution is 2.26. The third-order valence-corrected chi connectivity index (χ3v) is 3.51. The van der Waals surface area contributed by atoms with Gasteiger partial charge in [0.1, 0.15) is 10.4 Å². The highest BCUT2D eigenvalue weighted by molar-refractivity contribution is 9.10. The molecule has 0 aliphatic carbocycles. The van der Waals surface area contributed by atoms with E-state index >= 15 is 0 Å². The van der Waals surface area contributed by atoms with E-state index in [4.69, 9.17) is 0 Å². The average molecular weight is 323 g/mol. The second kappa shape index (κ2) is 6.15. The van der Waals surface area contributed by atoms with Gasteiger partial charge >= 0.3 is 0 Å². The first-order chi connectivity index (χ1) is 9.11. The van der Waals surface area contributed by atoms with Gasteiger partial charge in [-0.05, 0) is 47.5 Å². The number of halogens is 2. The maximum absolute atomic E-state index is 13.8. The van der Waals surface area contributed by atoms with Crippen LogP contribution in [0, 0.1) is 12.7 Å². The average Bonchev–Trinajstić information content (AvgIpc) is 2.39. The number of aromatic nitrogens is 1. The van der Waals surface area contributed by atoms with Gasteiger partial charge in [0.05, 0.1) is 17.4 Å². The lowest BCUT2D eigenvalue weighted by atomic mass is 10.0. The topological polar surface area (TPSA) is 24.9 Å². The molecule has 19 heavy (non-hydrogen) atoms. The van der Waals surface area contributed by atoms with Crippen molar-refractivity contribution in [2.45, 2.75) is 26.3 Å². The van der Waals surface area contributed by atoms with E-state index in [0.29, 0.717) is 5.56 Å². The van der Waals surface area contributed by atoms with Crippen LogP contribution < -0.4 is 5.32 Å². The Bertz CT molecular complexity index is 572. The normalized spacial score (nSPS) is 12.2. The van der Waals surface area contributed by atoms with E-state index in [-0.39, 0.29) is 11.9 Å². The lowest BCUT2D eigenvalue weighted by molar-refractivity contribution is 0.587.